The van der Waals surface area contributed by atoms with Gasteiger partial charge in [0.05, 0.1) is 24.3 Å². The van der Waals surface area contributed by atoms with Gasteiger partial charge in [-0.2, -0.15) is 0 Å². The Morgan fingerprint density at radius 2 is 1.87 bits per heavy atom. The summed E-state index contributed by atoms with van der Waals surface area (Å²) >= 11 is 0. The molecule has 1 fully saturated rings. The Bertz CT molecular complexity index is 873. The number of aryl methyl sites for hydroxylation is 2. The molecule has 2 aromatic rings. The zero-order chi connectivity index (χ0) is 21.5. The smallest absolute Gasteiger partial charge is 0.226 e. The van der Waals surface area contributed by atoms with E-state index in [0.717, 1.165) is 36.1 Å². The molecule has 30 heavy (non-hydrogen) atoms. The molecule has 1 aliphatic rings. The van der Waals surface area contributed by atoms with E-state index in [1.807, 2.05) is 56.3 Å². The fourth-order valence-corrected chi connectivity index (χ4v) is 3.49. The van der Waals surface area contributed by atoms with E-state index in [-0.39, 0.29) is 24.3 Å². The number of amides is 2. The van der Waals surface area contributed by atoms with Gasteiger partial charge in [-0.15, -0.1) is 0 Å². The second kappa shape index (κ2) is 10.3. The number of nitrogens with one attached hydrogen (secondary N) is 2. The minimum Gasteiger partial charge on any atom is -0.489 e. The summed E-state index contributed by atoms with van der Waals surface area (Å²) in [6, 6.07) is 13.1. The zero-order valence-electron chi connectivity index (χ0n) is 17.9. The van der Waals surface area contributed by atoms with Gasteiger partial charge in [0.25, 0.3) is 0 Å². The second-order valence-electron chi connectivity index (χ2n) is 7.86. The summed E-state index contributed by atoms with van der Waals surface area (Å²) in [7, 11) is 0. The van der Waals surface area contributed by atoms with Gasteiger partial charge in [-0.1, -0.05) is 35.9 Å². The van der Waals surface area contributed by atoms with Crippen LogP contribution in [0.1, 0.15) is 48.9 Å². The monoisotopic (exact) mass is 410 g/mol. The topological polar surface area (TPSA) is 76.7 Å². The molecule has 1 saturated heterocycles. The Balaban J connectivity index is 1.68. The molecule has 0 saturated carbocycles. The summed E-state index contributed by atoms with van der Waals surface area (Å²) in [6.07, 6.45) is 2.26. The maximum Gasteiger partial charge on any atom is 0.226 e. The Labute approximate surface area is 178 Å². The van der Waals surface area contributed by atoms with Crippen LogP contribution >= 0.6 is 0 Å². The molecule has 2 unspecified atom stereocenters. The molecule has 0 aliphatic carbocycles. The number of carbonyl (C=O) groups is 2. The molecule has 0 bridgehead atoms. The largest absolute Gasteiger partial charge is 0.489 e. The van der Waals surface area contributed by atoms with E-state index in [1.165, 1.54) is 6.92 Å². The lowest BCUT2D eigenvalue weighted by Gasteiger charge is -2.20. The van der Waals surface area contributed by atoms with Crippen LogP contribution in [0.2, 0.25) is 0 Å². The van der Waals surface area contributed by atoms with E-state index in [4.69, 9.17) is 9.47 Å². The van der Waals surface area contributed by atoms with Crippen molar-refractivity contribution in [3.63, 3.8) is 0 Å². The molecule has 6 heteroatoms. The van der Waals surface area contributed by atoms with E-state index in [9.17, 15) is 9.59 Å². The van der Waals surface area contributed by atoms with Crippen molar-refractivity contribution in [2.75, 3.05) is 18.5 Å². The first-order chi connectivity index (χ1) is 14.4. The van der Waals surface area contributed by atoms with Gasteiger partial charge in [0.1, 0.15) is 12.4 Å². The van der Waals surface area contributed by atoms with Gasteiger partial charge in [-0.05, 0) is 49.9 Å². The maximum atomic E-state index is 12.8. The van der Waals surface area contributed by atoms with Crippen molar-refractivity contribution in [3.05, 3.63) is 59.2 Å². The van der Waals surface area contributed by atoms with Gasteiger partial charge in [0.2, 0.25) is 11.8 Å². The van der Waals surface area contributed by atoms with Crippen molar-refractivity contribution in [3.8, 4) is 5.75 Å². The van der Waals surface area contributed by atoms with Gasteiger partial charge in [0, 0.05) is 13.5 Å². The van der Waals surface area contributed by atoms with Crippen molar-refractivity contribution in [1.29, 1.82) is 0 Å². The highest BCUT2D eigenvalue weighted by atomic mass is 16.5. The quantitative estimate of drug-likeness (QED) is 0.688. The number of anilines is 1. The summed E-state index contributed by atoms with van der Waals surface area (Å²) in [4.78, 5) is 24.5. The first-order valence-corrected chi connectivity index (χ1v) is 10.4. The molecule has 2 aromatic carbocycles. The van der Waals surface area contributed by atoms with Crippen molar-refractivity contribution in [2.45, 2.75) is 52.2 Å². The van der Waals surface area contributed by atoms with Gasteiger partial charge < -0.3 is 20.1 Å². The lowest BCUT2D eigenvalue weighted by atomic mass is 10.0. The van der Waals surface area contributed by atoms with Crippen LogP contribution in [-0.4, -0.2) is 31.1 Å². The first-order valence-electron chi connectivity index (χ1n) is 10.4. The summed E-state index contributed by atoms with van der Waals surface area (Å²) in [5.74, 6) is 0.259. The highest BCUT2D eigenvalue weighted by molar-refractivity contribution is 5.93. The zero-order valence-corrected chi connectivity index (χ0v) is 17.9. The summed E-state index contributed by atoms with van der Waals surface area (Å²) < 4.78 is 11.6. The van der Waals surface area contributed by atoms with Gasteiger partial charge >= 0.3 is 0 Å². The van der Waals surface area contributed by atoms with Crippen LogP contribution in [0.3, 0.4) is 0 Å². The summed E-state index contributed by atoms with van der Waals surface area (Å²) in [5, 5.41) is 5.81. The predicted molar refractivity (Wildman–Crippen MR) is 117 cm³/mol. The minimum atomic E-state index is -0.398. The second-order valence-corrected chi connectivity index (χ2v) is 7.86. The minimum absolute atomic E-state index is 0.0970. The highest BCUT2D eigenvalue weighted by Gasteiger charge is 2.20. The molecular formula is C24H30N2O4. The standard InChI is InChI=1S/C24H30N2O4/c1-16-6-9-19(10-7-16)22(25-18(3)27)14-24(28)26-21-11-8-17(2)13-23(21)30-15-20-5-4-12-29-20/h6-11,13,20,22H,4-5,12,14-15H2,1-3H3,(H,25,27)(H,26,28). The predicted octanol–water partition coefficient (Wildman–Crippen LogP) is 4.07. The number of ether oxygens (including phenoxy) is 2. The molecular weight excluding hydrogens is 380 g/mol. The van der Waals surface area contributed by atoms with Crippen LogP contribution in [0.25, 0.3) is 0 Å². The van der Waals surface area contributed by atoms with Gasteiger partial charge in [-0.25, -0.2) is 0 Å². The van der Waals surface area contributed by atoms with E-state index < -0.39 is 6.04 Å². The number of hydrogen-bond donors (Lipinski definition) is 2. The van der Waals surface area contributed by atoms with Crippen LogP contribution < -0.4 is 15.4 Å². The van der Waals surface area contributed by atoms with Crippen molar-refractivity contribution < 1.29 is 19.1 Å². The lowest BCUT2D eigenvalue weighted by Crippen LogP contribution is -2.29. The molecule has 2 amide bonds. The third kappa shape index (κ3) is 6.32. The fraction of sp³-hybridized carbons (Fsp3) is 0.417. The number of carbonyl (C=O) groups excluding carboxylic acids is 2. The number of rotatable bonds is 8. The van der Waals surface area contributed by atoms with Crippen LogP contribution in [0.5, 0.6) is 5.75 Å². The molecule has 3 rings (SSSR count). The SMILES string of the molecule is CC(=O)NC(CC(=O)Nc1ccc(C)cc1OCC1CCCO1)c1ccc(C)cc1. The Kier molecular flexibility index (Phi) is 7.46. The van der Waals surface area contributed by atoms with E-state index in [2.05, 4.69) is 10.6 Å². The van der Waals surface area contributed by atoms with Crippen LogP contribution in [0, 0.1) is 13.8 Å². The van der Waals surface area contributed by atoms with Crippen molar-refractivity contribution in [2.24, 2.45) is 0 Å². The van der Waals surface area contributed by atoms with Crippen LogP contribution in [0.15, 0.2) is 42.5 Å². The van der Waals surface area contributed by atoms with Crippen molar-refractivity contribution in [1.82, 2.24) is 5.32 Å². The Hall–Kier alpha value is -2.86. The molecule has 1 heterocycles. The first kappa shape index (κ1) is 21.8. The molecule has 0 aromatic heterocycles. The third-order valence-electron chi connectivity index (χ3n) is 5.11. The van der Waals surface area contributed by atoms with Crippen molar-refractivity contribution >= 4 is 17.5 Å². The number of hydrogen-bond acceptors (Lipinski definition) is 4. The molecule has 160 valence electrons. The normalized spacial score (nSPS) is 16.7. The van der Waals surface area contributed by atoms with E-state index >= 15 is 0 Å². The molecule has 6 nitrogen and oxygen atoms in total. The average molecular weight is 411 g/mol. The summed E-state index contributed by atoms with van der Waals surface area (Å²) in [5.41, 5.74) is 3.68. The molecule has 0 radical (unpaired) electrons. The van der Waals surface area contributed by atoms with Crippen LogP contribution in [-0.2, 0) is 14.3 Å². The van der Waals surface area contributed by atoms with Gasteiger partial charge in [-0.3, -0.25) is 9.59 Å². The Morgan fingerprint density at radius 3 is 2.53 bits per heavy atom. The number of benzene rings is 2. The summed E-state index contributed by atoms with van der Waals surface area (Å²) in [6.45, 7) is 6.67. The van der Waals surface area contributed by atoms with E-state index in [1.54, 1.807) is 0 Å². The lowest BCUT2D eigenvalue weighted by molar-refractivity contribution is -0.120. The molecule has 0 spiro atoms. The maximum absolute atomic E-state index is 12.8. The van der Waals surface area contributed by atoms with Gasteiger partial charge in [0.15, 0.2) is 0 Å². The fourth-order valence-electron chi connectivity index (χ4n) is 3.49. The molecule has 2 atom stereocenters. The van der Waals surface area contributed by atoms with E-state index in [0.29, 0.717) is 18.0 Å². The van der Waals surface area contributed by atoms with Crippen LogP contribution in [0.4, 0.5) is 5.69 Å². The molecule has 2 N–H and O–H groups in total. The Morgan fingerprint density at radius 1 is 1.13 bits per heavy atom. The average Bonchev–Trinajstić information content (AvgIpc) is 3.21. The highest BCUT2D eigenvalue weighted by Crippen LogP contribution is 2.28. The molecule has 1 aliphatic heterocycles. The third-order valence-corrected chi connectivity index (χ3v) is 5.11.